The van der Waals surface area contributed by atoms with E-state index < -0.39 is 12.1 Å². The second-order valence-corrected chi connectivity index (χ2v) is 5.13. The van der Waals surface area contributed by atoms with Gasteiger partial charge in [0.15, 0.2) is 6.10 Å². The summed E-state index contributed by atoms with van der Waals surface area (Å²) in [6, 6.07) is 4.54. The van der Waals surface area contributed by atoms with Gasteiger partial charge in [-0.25, -0.2) is 4.79 Å². The van der Waals surface area contributed by atoms with Gasteiger partial charge in [-0.15, -0.1) is 0 Å². The van der Waals surface area contributed by atoms with Crippen molar-refractivity contribution in [2.45, 2.75) is 18.6 Å². The lowest BCUT2D eigenvalue weighted by Gasteiger charge is -2.16. The molecule has 1 aromatic rings. The van der Waals surface area contributed by atoms with Crippen LogP contribution < -0.4 is 4.74 Å². The zero-order valence-electron chi connectivity index (χ0n) is 10.5. The number of hydrogen-bond donors (Lipinski definition) is 2. The molecule has 0 bridgehead atoms. The summed E-state index contributed by atoms with van der Waals surface area (Å²) in [4.78, 5) is 12.8. The second kappa shape index (κ2) is 5.77. The summed E-state index contributed by atoms with van der Waals surface area (Å²) in [6.45, 7) is 1.83. The third kappa shape index (κ3) is 3.37. The van der Waals surface area contributed by atoms with E-state index in [4.69, 9.17) is 21.4 Å². The predicted octanol–water partition coefficient (Wildman–Crippen LogP) is 1.54. The third-order valence-electron chi connectivity index (χ3n) is 3.15. The number of carbonyl (C=O) groups is 1. The Kier molecular flexibility index (Phi) is 4.29. The number of carboxylic acids is 1. The number of likely N-dealkylation sites (N-methyl/N-ethyl adjacent to an activating group) is 1. The summed E-state index contributed by atoms with van der Waals surface area (Å²) in [5.74, 6) is -0.787. The van der Waals surface area contributed by atoms with Gasteiger partial charge in [-0.05, 0) is 31.2 Å². The number of halogens is 1. The van der Waals surface area contributed by atoms with Crippen LogP contribution in [0.3, 0.4) is 0 Å². The highest BCUT2D eigenvalue weighted by Gasteiger charge is 2.22. The van der Waals surface area contributed by atoms with Crippen molar-refractivity contribution >= 4 is 17.6 Å². The van der Waals surface area contributed by atoms with Crippen molar-refractivity contribution in [2.24, 2.45) is 0 Å². The number of nitrogens with zero attached hydrogens (tertiary/aromatic N) is 1. The Balaban J connectivity index is 2.09. The molecule has 0 aromatic heterocycles. The smallest absolute Gasteiger partial charge is 0.337 e. The zero-order chi connectivity index (χ0) is 14.0. The first-order chi connectivity index (χ1) is 8.97. The number of hydrogen-bond acceptors (Lipinski definition) is 4. The van der Waals surface area contributed by atoms with Crippen LogP contribution >= 0.6 is 11.6 Å². The van der Waals surface area contributed by atoms with Crippen LogP contribution in [0.25, 0.3) is 0 Å². The van der Waals surface area contributed by atoms with Crippen molar-refractivity contribution in [3.63, 3.8) is 0 Å². The van der Waals surface area contributed by atoms with Crippen LogP contribution in [0.4, 0.5) is 0 Å². The maximum Gasteiger partial charge on any atom is 0.337 e. The van der Waals surface area contributed by atoms with E-state index >= 15 is 0 Å². The monoisotopic (exact) mass is 285 g/mol. The van der Waals surface area contributed by atoms with Crippen LogP contribution in [0.5, 0.6) is 5.75 Å². The second-order valence-electron chi connectivity index (χ2n) is 4.72. The van der Waals surface area contributed by atoms with Crippen molar-refractivity contribution in [1.82, 2.24) is 4.90 Å². The van der Waals surface area contributed by atoms with Crippen molar-refractivity contribution in [3.05, 3.63) is 28.8 Å². The fourth-order valence-electron chi connectivity index (χ4n) is 2.10. The van der Waals surface area contributed by atoms with Gasteiger partial charge in [0.1, 0.15) is 11.9 Å². The van der Waals surface area contributed by atoms with E-state index in [0.29, 0.717) is 10.8 Å². The van der Waals surface area contributed by atoms with Crippen LogP contribution in [0.1, 0.15) is 18.1 Å². The van der Waals surface area contributed by atoms with Gasteiger partial charge in [0, 0.05) is 13.1 Å². The summed E-state index contributed by atoms with van der Waals surface area (Å²) in [5, 5.41) is 18.5. The molecule has 2 unspecified atom stereocenters. The average molecular weight is 286 g/mol. The molecular formula is C13H16ClNO4. The maximum absolute atomic E-state index is 10.7. The van der Waals surface area contributed by atoms with Gasteiger partial charge in [-0.3, -0.25) is 0 Å². The number of aliphatic hydroxyl groups is 1. The number of likely N-dealkylation sites (tertiary alicyclic amines) is 1. The first-order valence-corrected chi connectivity index (χ1v) is 6.40. The molecule has 0 saturated carbocycles. The molecule has 2 atom stereocenters. The number of ether oxygens (including phenoxy) is 1. The SMILES string of the molecule is CN1CCC(Oc2ccc(C(O)C(=O)O)cc2Cl)C1. The van der Waals surface area contributed by atoms with Crippen LogP contribution in [0.15, 0.2) is 18.2 Å². The lowest BCUT2D eigenvalue weighted by Crippen LogP contribution is -2.21. The van der Waals surface area contributed by atoms with Crippen LogP contribution in [0.2, 0.25) is 5.02 Å². The lowest BCUT2D eigenvalue weighted by molar-refractivity contribution is -0.146. The highest BCUT2D eigenvalue weighted by atomic mass is 35.5. The van der Waals surface area contributed by atoms with Gasteiger partial charge in [0.25, 0.3) is 0 Å². The summed E-state index contributed by atoms with van der Waals surface area (Å²) in [5.41, 5.74) is 0.244. The largest absolute Gasteiger partial charge is 0.487 e. The Hall–Kier alpha value is -1.30. The number of benzene rings is 1. The van der Waals surface area contributed by atoms with Gasteiger partial charge in [0.2, 0.25) is 0 Å². The molecular weight excluding hydrogens is 270 g/mol. The Morgan fingerprint density at radius 2 is 2.32 bits per heavy atom. The van der Waals surface area contributed by atoms with Gasteiger partial charge in [0.05, 0.1) is 5.02 Å². The van der Waals surface area contributed by atoms with E-state index in [1.165, 1.54) is 12.1 Å². The summed E-state index contributed by atoms with van der Waals surface area (Å²) in [6.07, 6.45) is -0.534. The quantitative estimate of drug-likeness (QED) is 0.878. The lowest BCUT2D eigenvalue weighted by atomic mass is 10.1. The topological polar surface area (TPSA) is 70.0 Å². The Bertz CT molecular complexity index is 480. The van der Waals surface area contributed by atoms with Crippen molar-refractivity contribution in [2.75, 3.05) is 20.1 Å². The molecule has 1 aliphatic heterocycles. The summed E-state index contributed by atoms with van der Waals surface area (Å²) < 4.78 is 5.77. The van der Waals surface area contributed by atoms with Crippen molar-refractivity contribution in [1.29, 1.82) is 0 Å². The number of aliphatic hydroxyl groups excluding tert-OH is 1. The van der Waals surface area contributed by atoms with Crippen molar-refractivity contribution < 1.29 is 19.7 Å². The summed E-state index contributed by atoms with van der Waals surface area (Å²) >= 11 is 6.05. The molecule has 2 N–H and O–H groups in total. The Morgan fingerprint density at radius 1 is 1.58 bits per heavy atom. The molecule has 1 heterocycles. The fraction of sp³-hybridized carbons (Fsp3) is 0.462. The molecule has 1 saturated heterocycles. The maximum atomic E-state index is 10.7. The van der Waals surface area contributed by atoms with E-state index in [2.05, 4.69) is 4.90 Å². The third-order valence-corrected chi connectivity index (χ3v) is 3.44. The van der Waals surface area contributed by atoms with Gasteiger partial charge in [-0.2, -0.15) is 0 Å². The summed E-state index contributed by atoms with van der Waals surface area (Å²) in [7, 11) is 2.03. The van der Waals surface area contributed by atoms with Crippen molar-refractivity contribution in [3.8, 4) is 5.75 Å². The van der Waals surface area contributed by atoms with Gasteiger partial charge < -0.3 is 19.8 Å². The van der Waals surface area contributed by atoms with Crippen LogP contribution in [-0.2, 0) is 4.79 Å². The molecule has 5 nitrogen and oxygen atoms in total. The minimum Gasteiger partial charge on any atom is -0.487 e. The van der Waals surface area contributed by atoms with Crippen LogP contribution in [-0.4, -0.2) is 47.3 Å². The molecule has 2 rings (SSSR count). The first kappa shape index (κ1) is 14.1. The van der Waals surface area contributed by atoms with Gasteiger partial charge in [-0.1, -0.05) is 17.7 Å². The van der Waals surface area contributed by atoms with E-state index in [9.17, 15) is 9.90 Å². The highest BCUT2D eigenvalue weighted by Crippen LogP contribution is 2.30. The van der Waals surface area contributed by atoms with Gasteiger partial charge >= 0.3 is 5.97 Å². The highest BCUT2D eigenvalue weighted by molar-refractivity contribution is 6.32. The van der Waals surface area contributed by atoms with E-state index in [0.717, 1.165) is 19.5 Å². The first-order valence-electron chi connectivity index (χ1n) is 6.03. The predicted molar refractivity (Wildman–Crippen MR) is 70.6 cm³/mol. The molecule has 1 aromatic carbocycles. The molecule has 1 aliphatic rings. The molecule has 104 valence electrons. The minimum atomic E-state index is -1.57. The van der Waals surface area contributed by atoms with Crippen LogP contribution in [0, 0.1) is 0 Å². The zero-order valence-corrected chi connectivity index (χ0v) is 11.3. The molecule has 1 fully saturated rings. The Labute approximate surface area is 116 Å². The van der Waals surface area contributed by atoms with E-state index in [-0.39, 0.29) is 11.7 Å². The minimum absolute atomic E-state index is 0.0951. The molecule has 0 amide bonds. The molecule has 19 heavy (non-hydrogen) atoms. The normalized spacial score (nSPS) is 21.3. The number of carboxylic acid groups (broad SMARTS) is 1. The van der Waals surface area contributed by atoms with E-state index in [1.807, 2.05) is 7.05 Å². The fourth-order valence-corrected chi connectivity index (χ4v) is 2.33. The number of aliphatic carboxylic acids is 1. The molecule has 6 heteroatoms. The van der Waals surface area contributed by atoms with E-state index in [1.54, 1.807) is 6.07 Å². The molecule has 0 radical (unpaired) electrons. The molecule has 0 spiro atoms. The molecule has 0 aliphatic carbocycles. The Morgan fingerprint density at radius 3 is 2.84 bits per heavy atom. The number of rotatable bonds is 4. The average Bonchev–Trinajstić information content (AvgIpc) is 2.76. The standard InChI is InChI=1S/C13H16ClNO4/c1-15-5-4-9(7-15)19-11-3-2-8(6-10(11)14)12(16)13(17)18/h2-3,6,9,12,16H,4-5,7H2,1H3,(H,17,18).